The molecule has 1 aliphatic rings. The third kappa shape index (κ3) is 3.12. The van der Waals surface area contributed by atoms with E-state index < -0.39 is 11.4 Å². The molecule has 0 saturated heterocycles. The first kappa shape index (κ1) is 14.8. The topological polar surface area (TPSA) is 67.5 Å². The van der Waals surface area contributed by atoms with E-state index in [2.05, 4.69) is 10.3 Å². The van der Waals surface area contributed by atoms with Crippen molar-refractivity contribution in [2.24, 2.45) is 10.7 Å². The molecule has 1 atom stereocenters. The van der Waals surface area contributed by atoms with Gasteiger partial charge in [0.1, 0.15) is 5.82 Å². The van der Waals surface area contributed by atoms with E-state index in [4.69, 9.17) is 5.73 Å². The van der Waals surface area contributed by atoms with Crippen LogP contribution in [0.5, 0.6) is 0 Å². The molecule has 20 heavy (non-hydrogen) atoms. The lowest BCUT2D eigenvalue weighted by molar-refractivity contribution is -0.115. The van der Waals surface area contributed by atoms with Crippen molar-refractivity contribution in [3.05, 3.63) is 29.6 Å². The van der Waals surface area contributed by atoms with Crippen molar-refractivity contribution >= 4 is 28.5 Å². The van der Waals surface area contributed by atoms with Gasteiger partial charge in [-0.3, -0.25) is 9.79 Å². The molecule has 108 valence electrons. The standard InChI is InChI=1S/C14H18FN3OS/c1-3-12(19)17-11-8-9(4-5-10(11)15)14(2)6-7-20-13(16)18-14/h4-5,8H,3,6-7H2,1-2H3,(H2,16,18)(H,17,19). The molecule has 3 N–H and O–H groups in total. The van der Waals surface area contributed by atoms with Crippen molar-refractivity contribution in [1.82, 2.24) is 0 Å². The molecule has 1 unspecified atom stereocenters. The Bertz CT molecular complexity index is 561. The van der Waals surface area contributed by atoms with E-state index in [1.165, 1.54) is 17.8 Å². The lowest BCUT2D eigenvalue weighted by atomic mass is 9.89. The molecule has 0 radical (unpaired) electrons. The number of nitrogens with one attached hydrogen (secondary N) is 1. The number of hydrogen-bond donors (Lipinski definition) is 2. The predicted octanol–water partition coefficient (Wildman–Crippen LogP) is 2.84. The molecule has 0 bridgehead atoms. The van der Waals surface area contributed by atoms with E-state index >= 15 is 0 Å². The normalized spacial score (nSPS) is 22.2. The van der Waals surface area contributed by atoms with Crippen LogP contribution in [-0.4, -0.2) is 16.8 Å². The largest absolute Gasteiger partial charge is 0.379 e. The van der Waals surface area contributed by atoms with Crippen molar-refractivity contribution in [2.75, 3.05) is 11.1 Å². The minimum atomic E-state index is -0.464. The van der Waals surface area contributed by atoms with Gasteiger partial charge >= 0.3 is 0 Å². The summed E-state index contributed by atoms with van der Waals surface area (Å²) in [6, 6.07) is 4.71. The summed E-state index contributed by atoms with van der Waals surface area (Å²) in [6.45, 7) is 3.69. The average Bonchev–Trinajstić information content (AvgIpc) is 2.40. The highest BCUT2D eigenvalue weighted by atomic mass is 32.2. The first-order valence-corrected chi connectivity index (χ1v) is 7.51. The van der Waals surface area contributed by atoms with Gasteiger partial charge in [-0.15, -0.1) is 0 Å². The molecule has 0 saturated carbocycles. The molecule has 1 amide bonds. The molecule has 0 spiro atoms. The quantitative estimate of drug-likeness (QED) is 0.901. The van der Waals surface area contributed by atoms with E-state index in [1.54, 1.807) is 19.1 Å². The third-order valence-electron chi connectivity index (χ3n) is 3.38. The number of carbonyl (C=O) groups excluding carboxylic acids is 1. The zero-order valence-corrected chi connectivity index (χ0v) is 12.4. The van der Waals surface area contributed by atoms with Crippen LogP contribution in [0.25, 0.3) is 0 Å². The zero-order chi connectivity index (χ0) is 14.8. The Hall–Kier alpha value is -1.56. The van der Waals surface area contributed by atoms with Crippen molar-refractivity contribution in [1.29, 1.82) is 0 Å². The number of halogens is 1. The van der Waals surface area contributed by atoms with Crippen LogP contribution in [0.4, 0.5) is 10.1 Å². The van der Waals surface area contributed by atoms with Crippen LogP contribution in [0, 0.1) is 5.82 Å². The summed E-state index contributed by atoms with van der Waals surface area (Å²) in [7, 11) is 0. The molecule has 1 aliphatic heterocycles. The minimum Gasteiger partial charge on any atom is -0.379 e. The first-order valence-electron chi connectivity index (χ1n) is 6.52. The summed E-state index contributed by atoms with van der Waals surface area (Å²) in [5.74, 6) is 0.217. The van der Waals surface area contributed by atoms with Crippen molar-refractivity contribution in [3.63, 3.8) is 0 Å². The molecule has 1 aromatic carbocycles. The number of nitrogens with two attached hydrogens (primary N) is 1. The van der Waals surface area contributed by atoms with Crippen LogP contribution in [0.1, 0.15) is 32.3 Å². The Morgan fingerprint density at radius 2 is 2.35 bits per heavy atom. The fourth-order valence-corrected chi connectivity index (χ4v) is 3.06. The number of anilines is 1. The van der Waals surface area contributed by atoms with Crippen LogP contribution >= 0.6 is 11.8 Å². The molecular formula is C14H18FN3OS. The molecule has 1 heterocycles. The van der Waals surface area contributed by atoms with Crippen molar-refractivity contribution < 1.29 is 9.18 Å². The van der Waals surface area contributed by atoms with Crippen LogP contribution < -0.4 is 11.1 Å². The monoisotopic (exact) mass is 295 g/mol. The van der Waals surface area contributed by atoms with E-state index in [1.807, 2.05) is 6.92 Å². The Balaban J connectivity index is 2.36. The van der Waals surface area contributed by atoms with E-state index in [-0.39, 0.29) is 11.6 Å². The van der Waals surface area contributed by atoms with Crippen molar-refractivity contribution in [3.8, 4) is 0 Å². The van der Waals surface area contributed by atoms with Gasteiger partial charge < -0.3 is 11.1 Å². The summed E-state index contributed by atoms with van der Waals surface area (Å²) in [6.07, 6.45) is 1.13. The van der Waals surface area contributed by atoms with Crippen LogP contribution in [0.3, 0.4) is 0 Å². The van der Waals surface area contributed by atoms with Crippen LogP contribution in [-0.2, 0) is 10.3 Å². The molecule has 1 aromatic rings. The van der Waals surface area contributed by atoms with Crippen molar-refractivity contribution in [2.45, 2.75) is 32.2 Å². The second kappa shape index (κ2) is 5.83. The number of rotatable bonds is 3. The SMILES string of the molecule is CCC(=O)Nc1cc(C2(C)CCSC(N)=N2)ccc1F. The van der Waals surface area contributed by atoms with Gasteiger partial charge in [-0.1, -0.05) is 24.8 Å². The van der Waals surface area contributed by atoms with Gasteiger partial charge in [0.2, 0.25) is 5.91 Å². The molecular weight excluding hydrogens is 277 g/mol. The van der Waals surface area contributed by atoms with Crippen LogP contribution in [0.2, 0.25) is 0 Å². The number of thioether (sulfide) groups is 1. The molecule has 2 rings (SSSR count). The van der Waals surface area contributed by atoms with E-state index in [0.29, 0.717) is 11.6 Å². The Morgan fingerprint density at radius 3 is 3.00 bits per heavy atom. The zero-order valence-electron chi connectivity index (χ0n) is 11.6. The molecule has 0 aromatic heterocycles. The molecule has 4 nitrogen and oxygen atoms in total. The minimum absolute atomic E-state index is 0.197. The lowest BCUT2D eigenvalue weighted by Crippen LogP contribution is -2.29. The fraction of sp³-hybridized carbons (Fsp3) is 0.429. The average molecular weight is 295 g/mol. The smallest absolute Gasteiger partial charge is 0.224 e. The summed E-state index contributed by atoms with van der Waals surface area (Å²) in [4.78, 5) is 15.9. The van der Waals surface area contributed by atoms with Gasteiger partial charge in [0.15, 0.2) is 5.17 Å². The summed E-state index contributed by atoms with van der Waals surface area (Å²) in [5.41, 5.74) is 6.38. The third-order valence-corrected chi connectivity index (χ3v) is 4.17. The van der Waals surface area contributed by atoms with E-state index in [0.717, 1.165) is 17.7 Å². The van der Waals surface area contributed by atoms with Gasteiger partial charge in [-0.2, -0.15) is 0 Å². The number of nitrogens with zero attached hydrogens (tertiary/aromatic N) is 1. The maximum Gasteiger partial charge on any atom is 0.224 e. The van der Waals surface area contributed by atoms with Gasteiger partial charge in [0, 0.05) is 12.2 Å². The summed E-state index contributed by atoms with van der Waals surface area (Å²) in [5, 5.41) is 3.11. The first-order chi connectivity index (χ1) is 9.44. The van der Waals surface area contributed by atoms with Gasteiger partial charge in [0.25, 0.3) is 0 Å². The maximum absolute atomic E-state index is 13.8. The number of amides is 1. The predicted molar refractivity (Wildman–Crippen MR) is 81.4 cm³/mol. The Kier molecular flexibility index (Phi) is 4.32. The highest BCUT2D eigenvalue weighted by Gasteiger charge is 2.30. The Morgan fingerprint density at radius 1 is 1.60 bits per heavy atom. The Labute approximate surface area is 122 Å². The molecule has 0 fully saturated rings. The van der Waals surface area contributed by atoms with Gasteiger partial charge in [-0.25, -0.2) is 4.39 Å². The van der Waals surface area contributed by atoms with Gasteiger partial charge in [-0.05, 0) is 31.0 Å². The molecule has 6 heteroatoms. The highest BCUT2D eigenvalue weighted by Crippen LogP contribution is 2.36. The van der Waals surface area contributed by atoms with E-state index in [9.17, 15) is 9.18 Å². The number of benzene rings is 1. The molecule has 0 aliphatic carbocycles. The highest BCUT2D eigenvalue weighted by molar-refractivity contribution is 8.13. The number of carbonyl (C=O) groups is 1. The second-order valence-electron chi connectivity index (χ2n) is 4.92. The number of hydrogen-bond acceptors (Lipinski definition) is 4. The van der Waals surface area contributed by atoms with Crippen LogP contribution in [0.15, 0.2) is 23.2 Å². The number of aliphatic imine (C=N–C) groups is 1. The number of amidine groups is 1. The summed E-state index contributed by atoms with van der Waals surface area (Å²) >= 11 is 1.52. The second-order valence-corrected chi connectivity index (χ2v) is 6.03. The summed E-state index contributed by atoms with van der Waals surface area (Å²) < 4.78 is 13.8. The fourth-order valence-electron chi connectivity index (χ4n) is 2.09. The van der Waals surface area contributed by atoms with Gasteiger partial charge in [0.05, 0.1) is 11.2 Å². The maximum atomic E-state index is 13.8. The lowest BCUT2D eigenvalue weighted by Gasteiger charge is -2.30.